The Balaban J connectivity index is 1.57. The van der Waals surface area contributed by atoms with Gasteiger partial charge in [0.05, 0.1) is 31.9 Å². The van der Waals surface area contributed by atoms with Crippen LogP contribution in [0.2, 0.25) is 0 Å². The van der Waals surface area contributed by atoms with Gasteiger partial charge in [-0.05, 0) is 71.8 Å². The van der Waals surface area contributed by atoms with Gasteiger partial charge >= 0.3 is 0 Å². The van der Waals surface area contributed by atoms with Crippen molar-refractivity contribution in [1.29, 1.82) is 0 Å². The zero-order chi connectivity index (χ0) is 35.5. The molecule has 252 valence electrons. The van der Waals surface area contributed by atoms with Gasteiger partial charge in [-0.3, -0.25) is 0 Å². The Kier molecular flexibility index (Phi) is 6.39. The molecular formula is C44H30N2O4S2. The van der Waals surface area contributed by atoms with Crippen molar-refractivity contribution in [3.05, 3.63) is 157 Å². The molecule has 0 fully saturated rings. The Hall–Kier alpha value is -5.96. The second kappa shape index (κ2) is 10.8. The lowest BCUT2D eigenvalue weighted by Gasteiger charge is -2.14. The highest BCUT2D eigenvalue weighted by atomic mass is 32.2. The first-order valence-electron chi connectivity index (χ1n) is 17.0. The maximum atomic E-state index is 15.1. The van der Waals surface area contributed by atoms with Crippen LogP contribution in [0.3, 0.4) is 0 Å². The number of fused-ring (bicyclic) bond motifs is 14. The lowest BCUT2D eigenvalue weighted by molar-refractivity contribution is 0.588. The van der Waals surface area contributed by atoms with E-state index >= 15 is 16.8 Å². The van der Waals surface area contributed by atoms with E-state index in [-0.39, 0.29) is 9.79 Å². The van der Waals surface area contributed by atoms with Crippen LogP contribution in [0.25, 0.3) is 75.9 Å². The van der Waals surface area contributed by atoms with Crippen LogP contribution in [-0.4, -0.2) is 24.8 Å². The Morgan fingerprint density at radius 3 is 1.10 bits per heavy atom. The molecule has 10 rings (SSSR count). The molecule has 52 heavy (non-hydrogen) atoms. The summed E-state index contributed by atoms with van der Waals surface area (Å²) in [5, 5.41) is 7.79. The van der Waals surface area contributed by atoms with E-state index in [1.165, 1.54) is 7.94 Å². The molecule has 0 saturated heterocycles. The van der Waals surface area contributed by atoms with E-state index in [2.05, 4.69) is 0 Å². The largest absolute Gasteiger partial charge is 0.268 e. The van der Waals surface area contributed by atoms with E-state index in [0.717, 1.165) is 43.4 Å². The van der Waals surface area contributed by atoms with Crippen LogP contribution < -0.4 is 0 Å². The Morgan fingerprint density at radius 1 is 0.365 bits per heavy atom. The van der Waals surface area contributed by atoms with Crippen LogP contribution in [0.1, 0.15) is 11.1 Å². The molecule has 0 N–H and O–H groups in total. The Labute approximate surface area is 299 Å². The van der Waals surface area contributed by atoms with Gasteiger partial charge in [0.1, 0.15) is 0 Å². The van der Waals surface area contributed by atoms with Gasteiger partial charge in [0, 0.05) is 32.3 Å². The molecule has 0 aliphatic rings. The van der Waals surface area contributed by atoms with E-state index in [9.17, 15) is 0 Å². The van der Waals surface area contributed by atoms with Crippen molar-refractivity contribution in [2.75, 3.05) is 0 Å². The number of benzene rings is 8. The highest BCUT2D eigenvalue weighted by Gasteiger charge is 2.32. The van der Waals surface area contributed by atoms with Gasteiger partial charge in [0.2, 0.25) is 0 Å². The molecule has 0 unspecified atom stereocenters. The van der Waals surface area contributed by atoms with Crippen molar-refractivity contribution >= 4 is 96.0 Å². The molecule has 0 aliphatic carbocycles. The SMILES string of the molecule is Cc1ccc(S(=O)(=O)n2c3ccc4ccccc4c3c3c4c5c6ccccc6ccc5n(S(=O)(=O)c5ccc(C)cc5)c4c4ccccc4c32)cc1. The second-order valence-electron chi connectivity index (χ2n) is 13.5. The van der Waals surface area contributed by atoms with Gasteiger partial charge in [-0.1, -0.05) is 120 Å². The number of hydrogen-bond donors (Lipinski definition) is 0. The average molecular weight is 715 g/mol. The zero-order valence-corrected chi connectivity index (χ0v) is 29.8. The van der Waals surface area contributed by atoms with Crippen molar-refractivity contribution < 1.29 is 16.8 Å². The molecule has 0 amide bonds. The van der Waals surface area contributed by atoms with Gasteiger partial charge in [-0.2, -0.15) is 0 Å². The minimum absolute atomic E-state index is 0.170. The summed E-state index contributed by atoms with van der Waals surface area (Å²) < 4.78 is 63.2. The third-order valence-corrected chi connectivity index (χ3v) is 13.9. The topological polar surface area (TPSA) is 78.1 Å². The summed E-state index contributed by atoms with van der Waals surface area (Å²) in [6.07, 6.45) is 0. The minimum atomic E-state index is -4.17. The third kappa shape index (κ3) is 4.10. The van der Waals surface area contributed by atoms with Crippen LogP contribution in [0, 0.1) is 13.8 Å². The standard InChI is InChI=1S/C44H30N2O4S2/c1-27-15-21-31(22-16-27)51(47,48)45-37-25-19-29-9-3-5-11-33(29)39(37)41-42-40-34-12-6-4-10-30(34)20-26-38(40)46(52(49,50)32-23-17-28(2)18-24-32)44(42)36-14-8-7-13-35(36)43(41)45/h3-26H,1-2H3. The van der Waals surface area contributed by atoms with Crippen molar-refractivity contribution in [2.24, 2.45) is 0 Å². The Bertz CT molecular complexity index is 3150. The van der Waals surface area contributed by atoms with Crippen molar-refractivity contribution in [1.82, 2.24) is 7.94 Å². The summed E-state index contributed by atoms with van der Waals surface area (Å²) >= 11 is 0. The molecule has 0 atom stereocenters. The number of nitrogens with zero attached hydrogens (tertiary/aromatic N) is 2. The van der Waals surface area contributed by atoms with E-state index in [0.29, 0.717) is 43.6 Å². The molecule has 0 aliphatic heterocycles. The van der Waals surface area contributed by atoms with E-state index in [1.54, 1.807) is 24.3 Å². The van der Waals surface area contributed by atoms with Crippen molar-refractivity contribution in [3.63, 3.8) is 0 Å². The minimum Gasteiger partial charge on any atom is -0.233 e. The molecule has 0 spiro atoms. The molecule has 8 heteroatoms. The first-order valence-corrected chi connectivity index (χ1v) is 19.9. The van der Waals surface area contributed by atoms with Crippen LogP contribution in [0.5, 0.6) is 0 Å². The maximum absolute atomic E-state index is 15.1. The molecule has 0 radical (unpaired) electrons. The highest BCUT2D eigenvalue weighted by molar-refractivity contribution is 7.90. The summed E-state index contributed by atoms with van der Waals surface area (Å²) in [6, 6.07) is 45.0. The molecule has 8 aromatic carbocycles. The average Bonchev–Trinajstić information content (AvgIpc) is 3.71. The summed E-state index contributed by atoms with van der Waals surface area (Å²) in [5.74, 6) is 0. The van der Waals surface area contributed by atoms with Gasteiger partial charge in [0.15, 0.2) is 0 Å². The van der Waals surface area contributed by atoms with Gasteiger partial charge in [0.25, 0.3) is 20.0 Å². The first-order chi connectivity index (χ1) is 25.2. The number of rotatable bonds is 4. The number of hydrogen-bond acceptors (Lipinski definition) is 4. The lowest BCUT2D eigenvalue weighted by atomic mass is 9.95. The third-order valence-electron chi connectivity index (χ3n) is 10.4. The molecular weight excluding hydrogens is 685 g/mol. The normalized spacial score (nSPS) is 12.7. The van der Waals surface area contributed by atoms with E-state index < -0.39 is 20.0 Å². The molecule has 2 heterocycles. The van der Waals surface area contributed by atoms with E-state index in [1.807, 2.05) is 135 Å². The van der Waals surface area contributed by atoms with Gasteiger partial charge in [-0.25, -0.2) is 24.8 Å². The first kappa shape index (κ1) is 30.8. The quantitative estimate of drug-likeness (QED) is 0.182. The summed E-state index contributed by atoms with van der Waals surface area (Å²) in [5.41, 5.74) is 3.97. The lowest BCUT2D eigenvalue weighted by Crippen LogP contribution is -2.14. The fourth-order valence-corrected chi connectivity index (χ4v) is 11.1. The fourth-order valence-electron chi connectivity index (χ4n) is 8.07. The molecule has 10 aromatic rings. The monoisotopic (exact) mass is 714 g/mol. The maximum Gasteiger partial charge on any atom is 0.268 e. The van der Waals surface area contributed by atoms with Gasteiger partial charge < -0.3 is 0 Å². The zero-order valence-electron chi connectivity index (χ0n) is 28.2. The summed E-state index contributed by atoms with van der Waals surface area (Å²) in [7, 11) is -8.33. The molecule has 0 saturated carbocycles. The van der Waals surface area contributed by atoms with Crippen molar-refractivity contribution in [2.45, 2.75) is 23.6 Å². The highest BCUT2D eigenvalue weighted by Crippen LogP contribution is 2.49. The Morgan fingerprint density at radius 2 is 0.712 bits per heavy atom. The molecule has 2 aromatic heterocycles. The second-order valence-corrected chi connectivity index (χ2v) is 17.1. The summed E-state index contributed by atoms with van der Waals surface area (Å²) in [6.45, 7) is 3.86. The molecule has 0 bridgehead atoms. The summed E-state index contributed by atoms with van der Waals surface area (Å²) in [4.78, 5) is 0.341. The van der Waals surface area contributed by atoms with Crippen LogP contribution in [-0.2, 0) is 20.0 Å². The van der Waals surface area contributed by atoms with Gasteiger partial charge in [-0.15, -0.1) is 0 Å². The fraction of sp³-hybridized carbons (Fsp3) is 0.0455. The predicted molar refractivity (Wildman–Crippen MR) is 212 cm³/mol. The smallest absolute Gasteiger partial charge is 0.233 e. The van der Waals surface area contributed by atoms with E-state index in [4.69, 9.17) is 0 Å². The van der Waals surface area contributed by atoms with Crippen LogP contribution in [0.4, 0.5) is 0 Å². The van der Waals surface area contributed by atoms with Crippen LogP contribution >= 0.6 is 0 Å². The predicted octanol–water partition coefficient (Wildman–Crippen LogP) is 10.5. The number of aryl methyl sites for hydroxylation is 2. The van der Waals surface area contributed by atoms with Crippen molar-refractivity contribution in [3.8, 4) is 0 Å². The number of aromatic nitrogens is 2. The van der Waals surface area contributed by atoms with Crippen LogP contribution in [0.15, 0.2) is 155 Å². The molecule has 6 nitrogen and oxygen atoms in total.